The highest BCUT2D eigenvalue weighted by molar-refractivity contribution is 5.89. The summed E-state index contributed by atoms with van der Waals surface area (Å²) >= 11 is 0. The average Bonchev–Trinajstić information content (AvgIpc) is 3.14. The second-order valence-electron chi connectivity index (χ2n) is 7.64. The number of nitrogens with one attached hydrogen (secondary N) is 1. The SMILES string of the molecule is Cc1nc(CCNC(=O)[C@@H]2CC(=O)N(CC(C)C)C2)nc2c1CCC2. The Morgan fingerprint density at radius 2 is 2.12 bits per heavy atom. The van der Waals surface area contributed by atoms with Crippen LogP contribution in [0.5, 0.6) is 0 Å². The number of hydrogen-bond donors (Lipinski definition) is 1. The third kappa shape index (κ3) is 4.17. The summed E-state index contributed by atoms with van der Waals surface area (Å²) in [5.41, 5.74) is 3.57. The molecule has 0 unspecified atom stereocenters. The zero-order chi connectivity index (χ0) is 18.0. The second kappa shape index (κ2) is 7.50. The Kier molecular flexibility index (Phi) is 5.35. The molecular formula is C19H28N4O2. The second-order valence-corrected chi connectivity index (χ2v) is 7.64. The molecule has 0 bridgehead atoms. The van der Waals surface area contributed by atoms with Crippen molar-refractivity contribution in [2.75, 3.05) is 19.6 Å². The molecule has 1 aromatic heterocycles. The van der Waals surface area contributed by atoms with Crippen LogP contribution in [0.3, 0.4) is 0 Å². The average molecular weight is 344 g/mol. The van der Waals surface area contributed by atoms with E-state index >= 15 is 0 Å². The standard InChI is InChI=1S/C19H28N4O2/c1-12(2)10-23-11-14(9-18(23)24)19(25)20-8-7-17-21-13(3)15-5-4-6-16(15)22-17/h12,14H,4-11H2,1-3H3,(H,20,25)/t14-/m1/s1. The van der Waals surface area contributed by atoms with Crippen LogP contribution in [0.1, 0.15) is 49.5 Å². The van der Waals surface area contributed by atoms with Crippen molar-refractivity contribution in [3.05, 3.63) is 22.8 Å². The minimum absolute atomic E-state index is 0.0301. The fourth-order valence-electron chi connectivity index (χ4n) is 3.80. The maximum Gasteiger partial charge on any atom is 0.225 e. The van der Waals surface area contributed by atoms with Crippen LogP contribution in [0, 0.1) is 18.8 Å². The van der Waals surface area contributed by atoms with Crippen molar-refractivity contribution in [3.8, 4) is 0 Å². The van der Waals surface area contributed by atoms with Crippen LogP contribution in [0.25, 0.3) is 0 Å². The van der Waals surface area contributed by atoms with E-state index in [0.29, 0.717) is 31.8 Å². The molecule has 1 fully saturated rings. The van der Waals surface area contributed by atoms with Gasteiger partial charge in [-0.05, 0) is 37.7 Å². The van der Waals surface area contributed by atoms with Gasteiger partial charge in [0.15, 0.2) is 0 Å². The summed E-state index contributed by atoms with van der Waals surface area (Å²) < 4.78 is 0. The lowest BCUT2D eigenvalue weighted by molar-refractivity contribution is -0.129. The molecule has 0 spiro atoms. The van der Waals surface area contributed by atoms with Gasteiger partial charge >= 0.3 is 0 Å². The van der Waals surface area contributed by atoms with Crippen LogP contribution in [0.4, 0.5) is 0 Å². The lowest BCUT2D eigenvalue weighted by Crippen LogP contribution is -2.35. The summed E-state index contributed by atoms with van der Waals surface area (Å²) in [7, 11) is 0. The van der Waals surface area contributed by atoms with E-state index in [2.05, 4.69) is 29.1 Å². The Balaban J connectivity index is 1.49. The van der Waals surface area contributed by atoms with Crippen LogP contribution in [-0.4, -0.2) is 46.3 Å². The van der Waals surface area contributed by atoms with Crippen LogP contribution in [0.2, 0.25) is 0 Å². The molecule has 2 amide bonds. The van der Waals surface area contributed by atoms with Crippen molar-refractivity contribution >= 4 is 11.8 Å². The molecule has 1 aliphatic heterocycles. The number of carbonyl (C=O) groups excluding carboxylic acids is 2. The highest BCUT2D eigenvalue weighted by Gasteiger charge is 2.34. The van der Waals surface area contributed by atoms with E-state index < -0.39 is 0 Å². The fraction of sp³-hybridized carbons (Fsp3) is 0.684. The molecule has 6 nitrogen and oxygen atoms in total. The Bertz CT molecular complexity index is 672. The van der Waals surface area contributed by atoms with Gasteiger partial charge in [0.2, 0.25) is 11.8 Å². The molecule has 3 rings (SSSR count). The van der Waals surface area contributed by atoms with Gasteiger partial charge in [-0.15, -0.1) is 0 Å². The van der Waals surface area contributed by atoms with Crippen molar-refractivity contribution in [2.24, 2.45) is 11.8 Å². The molecule has 2 aliphatic rings. The Morgan fingerprint density at radius 3 is 2.88 bits per heavy atom. The van der Waals surface area contributed by atoms with E-state index in [1.54, 1.807) is 0 Å². The van der Waals surface area contributed by atoms with Crippen molar-refractivity contribution in [1.29, 1.82) is 0 Å². The normalized spacial score (nSPS) is 19.6. The third-order valence-electron chi connectivity index (χ3n) is 5.00. The zero-order valence-corrected chi connectivity index (χ0v) is 15.5. The van der Waals surface area contributed by atoms with Gasteiger partial charge in [0.05, 0.1) is 5.92 Å². The zero-order valence-electron chi connectivity index (χ0n) is 15.5. The summed E-state index contributed by atoms with van der Waals surface area (Å²) in [5.74, 6) is 1.06. The number of nitrogens with zero attached hydrogens (tertiary/aromatic N) is 3. The highest BCUT2D eigenvalue weighted by Crippen LogP contribution is 2.22. The summed E-state index contributed by atoms with van der Waals surface area (Å²) in [5, 5.41) is 2.96. The molecule has 0 radical (unpaired) electrons. The maximum atomic E-state index is 12.3. The summed E-state index contributed by atoms with van der Waals surface area (Å²) in [6.07, 6.45) is 4.24. The van der Waals surface area contributed by atoms with Gasteiger partial charge in [0.1, 0.15) is 5.82 Å². The number of carbonyl (C=O) groups is 2. The number of likely N-dealkylation sites (tertiary alicyclic amines) is 1. The predicted octanol–water partition coefficient (Wildman–Crippen LogP) is 1.44. The quantitative estimate of drug-likeness (QED) is 0.847. The van der Waals surface area contributed by atoms with Crippen molar-refractivity contribution < 1.29 is 9.59 Å². The lowest BCUT2D eigenvalue weighted by atomic mass is 10.1. The van der Waals surface area contributed by atoms with Gasteiger partial charge in [0, 0.05) is 43.9 Å². The van der Waals surface area contributed by atoms with E-state index in [1.165, 1.54) is 11.3 Å². The molecule has 2 heterocycles. The summed E-state index contributed by atoms with van der Waals surface area (Å²) in [6, 6.07) is 0. The first kappa shape index (κ1) is 17.8. The first-order valence-electron chi connectivity index (χ1n) is 9.34. The smallest absolute Gasteiger partial charge is 0.225 e. The van der Waals surface area contributed by atoms with Gasteiger partial charge in [-0.3, -0.25) is 9.59 Å². The Labute approximate surface area is 149 Å². The topological polar surface area (TPSA) is 75.2 Å². The molecule has 1 aromatic rings. The molecule has 1 N–H and O–H groups in total. The number of aromatic nitrogens is 2. The Morgan fingerprint density at radius 1 is 1.32 bits per heavy atom. The van der Waals surface area contributed by atoms with E-state index in [4.69, 9.17) is 0 Å². The van der Waals surface area contributed by atoms with Gasteiger partial charge in [-0.2, -0.15) is 0 Å². The molecule has 6 heteroatoms. The highest BCUT2D eigenvalue weighted by atomic mass is 16.2. The molecule has 1 saturated heterocycles. The van der Waals surface area contributed by atoms with Crippen LogP contribution >= 0.6 is 0 Å². The molecule has 136 valence electrons. The number of fused-ring (bicyclic) bond motifs is 1. The van der Waals surface area contributed by atoms with Gasteiger partial charge < -0.3 is 10.2 Å². The molecule has 0 aromatic carbocycles. The van der Waals surface area contributed by atoms with E-state index in [1.807, 2.05) is 11.8 Å². The minimum Gasteiger partial charge on any atom is -0.355 e. The summed E-state index contributed by atoms with van der Waals surface area (Å²) in [6.45, 7) is 7.99. The minimum atomic E-state index is -0.228. The van der Waals surface area contributed by atoms with E-state index in [9.17, 15) is 9.59 Å². The van der Waals surface area contributed by atoms with Gasteiger partial charge in [-0.1, -0.05) is 13.8 Å². The third-order valence-corrected chi connectivity index (χ3v) is 5.00. The van der Waals surface area contributed by atoms with E-state index in [0.717, 1.165) is 37.3 Å². The van der Waals surface area contributed by atoms with Crippen molar-refractivity contribution in [1.82, 2.24) is 20.2 Å². The van der Waals surface area contributed by atoms with Crippen molar-refractivity contribution in [2.45, 2.75) is 52.9 Å². The van der Waals surface area contributed by atoms with Crippen LogP contribution in [0.15, 0.2) is 0 Å². The molecule has 0 saturated carbocycles. The van der Waals surface area contributed by atoms with Gasteiger partial charge in [-0.25, -0.2) is 9.97 Å². The molecule has 25 heavy (non-hydrogen) atoms. The maximum absolute atomic E-state index is 12.3. The Hall–Kier alpha value is -1.98. The van der Waals surface area contributed by atoms with Crippen LogP contribution in [-0.2, 0) is 28.9 Å². The van der Waals surface area contributed by atoms with Gasteiger partial charge in [0.25, 0.3) is 0 Å². The van der Waals surface area contributed by atoms with E-state index in [-0.39, 0.29) is 17.7 Å². The number of hydrogen-bond acceptors (Lipinski definition) is 4. The number of amides is 2. The lowest BCUT2D eigenvalue weighted by Gasteiger charge is -2.18. The number of rotatable bonds is 6. The monoisotopic (exact) mass is 344 g/mol. The fourth-order valence-corrected chi connectivity index (χ4v) is 3.80. The predicted molar refractivity (Wildman–Crippen MR) is 95.0 cm³/mol. The molecular weight excluding hydrogens is 316 g/mol. The largest absolute Gasteiger partial charge is 0.355 e. The first-order valence-corrected chi connectivity index (χ1v) is 9.34. The van der Waals surface area contributed by atoms with Crippen LogP contribution < -0.4 is 5.32 Å². The molecule has 1 aliphatic carbocycles. The molecule has 1 atom stereocenters. The first-order chi connectivity index (χ1) is 11.9. The summed E-state index contributed by atoms with van der Waals surface area (Å²) in [4.78, 5) is 35.3. The van der Waals surface area contributed by atoms with Crippen molar-refractivity contribution in [3.63, 3.8) is 0 Å². The number of aryl methyl sites for hydroxylation is 2.